The van der Waals surface area contributed by atoms with Crippen LogP contribution >= 0.6 is 0 Å². The molecule has 162 valence electrons. The molecule has 3 rings (SSSR count). The lowest BCUT2D eigenvalue weighted by Crippen LogP contribution is -2.58. The molecular weight excluding hydrogens is 386 g/mol. The normalized spacial score (nSPS) is 28.7. The average molecular weight is 413 g/mol. The van der Waals surface area contributed by atoms with Gasteiger partial charge < -0.3 is 39.7 Å². The Morgan fingerprint density at radius 1 is 1.10 bits per heavy atom. The summed E-state index contributed by atoms with van der Waals surface area (Å²) in [5.74, 6) is -2.01. The third-order valence-electron chi connectivity index (χ3n) is 5.62. The van der Waals surface area contributed by atoms with Crippen molar-refractivity contribution in [1.82, 2.24) is 4.90 Å². The summed E-state index contributed by atoms with van der Waals surface area (Å²) in [5, 5.41) is 51.4. The summed E-state index contributed by atoms with van der Waals surface area (Å²) >= 11 is 0. The maximum atomic E-state index is 12.8. The summed E-state index contributed by atoms with van der Waals surface area (Å²) < 4.78 is 16.2. The van der Waals surface area contributed by atoms with Crippen LogP contribution in [0.25, 0.3) is 0 Å². The molecule has 10 nitrogen and oxygen atoms in total. The van der Waals surface area contributed by atoms with E-state index in [0.717, 1.165) is 0 Å². The summed E-state index contributed by atoms with van der Waals surface area (Å²) in [6.45, 7) is 4.72. The lowest BCUT2D eigenvalue weighted by atomic mass is 9.84. The number of fused-ring (bicyclic) bond motifs is 3. The van der Waals surface area contributed by atoms with Crippen molar-refractivity contribution < 1.29 is 44.5 Å². The quantitative estimate of drug-likeness (QED) is 0.391. The summed E-state index contributed by atoms with van der Waals surface area (Å²) in [6, 6.07) is 0. The second-order valence-corrected chi connectivity index (χ2v) is 7.09. The molecule has 10 heteroatoms. The molecule has 0 spiro atoms. The Morgan fingerprint density at radius 3 is 2.31 bits per heavy atom. The standard InChI is InChI=1S/C19H27NO9/c1-4-20(5-2)6-8-10-11(14(24)17(27-3)12(8)22)16-18(29-19(10)26)15(25)13(23)9(7-21)28-16/h9,13,15-16,18,21-25H,4-7H2,1-3H3. The summed E-state index contributed by atoms with van der Waals surface area (Å²) in [6.07, 6.45) is -6.63. The minimum Gasteiger partial charge on any atom is -0.504 e. The van der Waals surface area contributed by atoms with Gasteiger partial charge in [0, 0.05) is 17.7 Å². The first-order chi connectivity index (χ1) is 13.8. The van der Waals surface area contributed by atoms with Crippen LogP contribution in [-0.4, -0.2) is 87.6 Å². The topological polar surface area (TPSA) is 149 Å². The Hall–Kier alpha value is -2.11. The second-order valence-electron chi connectivity index (χ2n) is 7.09. The monoisotopic (exact) mass is 413 g/mol. The molecule has 0 aliphatic carbocycles. The highest BCUT2D eigenvalue weighted by Gasteiger charge is 2.53. The number of methoxy groups -OCH3 is 1. The van der Waals surface area contributed by atoms with Gasteiger partial charge in [0.15, 0.2) is 17.6 Å². The van der Waals surface area contributed by atoms with Crippen molar-refractivity contribution in [2.45, 2.75) is 50.9 Å². The molecule has 2 heterocycles. The zero-order valence-electron chi connectivity index (χ0n) is 16.5. The van der Waals surface area contributed by atoms with Crippen LogP contribution in [0.3, 0.4) is 0 Å². The zero-order chi connectivity index (χ0) is 21.5. The third kappa shape index (κ3) is 3.40. The molecule has 0 saturated carbocycles. The fourth-order valence-corrected chi connectivity index (χ4v) is 3.94. The van der Waals surface area contributed by atoms with Crippen LogP contribution in [0.2, 0.25) is 0 Å². The summed E-state index contributed by atoms with van der Waals surface area (Å²) in [4.78, 5) is 14.8. The van der Waals surface area contributed by atoms with E-state index in [1.165, 1.54) is 7.11 Å². The SMILES string of the molecule is CCN(CC)Cc1c(O)c(OC)c(O)c2c1C(=O)OC1C2OC(CO)C(O)C1O. The number of phenols is 2. The highest BCUT2D eigenvalue weighted by atomic mass is 16.6. The molecule has 0 radical (unpaired) electrons. The van der Waals surface area contributed by atoms with E-state index in [2.05, 4.69) is 0 Å². The molecule has 2 aliphatic rings. The molecule has 0 aromatic heterocycles. The molecular formula is C19H27NO9. The van der Waals surface area contributed by atoms with E-state index < -0.39 is 48.8 Å². The largest absolute Gasteiger partial charge is 0.504 e. The van der Waals surface area contributed by atoms with E-state index in [0.29, 0.717) is 13.1 Å². The Balaban J connectivity index is 2.22. The number of benzene rings is 1. The molecule has 1 fully saturated rings. The molecule has 1 aromatic carbocycles. The van der Waals surface area contributed by atoms with Gasteiger partial charge >= 0.3 is 5.97 Å². The smallest absolute Gasteiger partial charge is 0.339 e. The molecule has 5 unspecified atom stereocenters. The van der Waals surface area contributed by atoms with Crippen molar-refractivity contribution in [3.05, 3.63) is 16.7 Å². The van der Waals surface area contributed by atoms with Crippen LogP contribution in [0, 0.1) is 0 Å². The number of nitrogens with zero attached hydrogens (tertiary/aromatic N) is 1. The van der Waals surface area contributed by atoms with Crippen molar-refractivity contribution in [2.24, 2.45) is 0 Å². The maximum absolute atomic E-state index is 12.8. The highest BCUT2D eigenvalue weighted by molar-refractivity contribution is 5.97. The number of aliphatic hydroxyl groups excluding tert-OH is 3. The van der Waals surface area contributed by atoms with Crippen LogP contribution in [0.4, 0.5) is 0 Å². The Kier molecular flexibility index (Phi) is 6.20. The minimum absolute atomic E-state index is 0.00699. The van der Waals surface area contributed by atoms with Gasteiger partial charge in [0.25, 0.3) is 0 Å². The van der Waals surface area contributed by atoms with Gasteiger partial charge in [-0.15, -0.1) is 0 Å². The van der Waals surface area contributed by atoms with Crippen LogP contribution in [0.5, 0.6) is 17.2 Å². The van der Waals surface area contributed by atoms with E-state index in [9.17, 15) is 30.3 Å². The van der Waals surface area contributed by atoms with Crippen LogP contribution < -0.4 is 4.74 Å². The number of hydrogen-bond acceptors (Lipinski definition) is 10. The van der Waals surface area contributed by atoms with Gasteiger partial charge in [-0.25, -0.2) is 4.79 Å². The van der Waals surface area contributed by atoms with E-state index >= 15 is 0 Å². The molecule has 1 saturated heterocycles. The van der Waals surface area contributed by atoms with Gasteiger partial charge in [0.2, 0.25) is 5.75 Å². The number of aliphatic hydroxyl groups is 3. The first-order valence-corrected chi connectivity index (χ1v) is 9.50. The molecule has 2 aliphatic heterocycles. The Morgan fingerprint density at radius 2 is 1.76 bits per heavy atom. The summed E-state index contributed by atoms with van der Waals surface area (Å²) in [5.41, 5.74) is 0.119. The highest BCUT2D eigenvalue weighted by Crippen LogP contribution is 2.52. The third-order valence-corrected chi connectivity index (χ3v) is 5.62. The van der Waals surface area contributed by atoms with E-state index in [-0.39, 0.29) is 34.7 Å². The number of hydrogen-bond donors (Lipinski definition) is 5. The molecule has 5 N–H and O–H groups in total. The number of ether oxygens (including phenoxy) is 3. The van der Waals surface area contributed by atoms with Gasteiger partial charge in [0.05, 0.1) is 19.3 Å². The molecule has 5 atom stereocenters. The fraction of sp³-hybridized carbons (Fsp3) is 0.632. The molecule has 1 aromatic rings. The molecule has 0 bridgehead atoms. The lowest BCUT2D eigenvalue weighted by molar-refractivity contribution is -0.235. The summed E-state index contributed by atoms with van der Waals surface area (Å²) in [7, 11) is 1.26. The number of rotatable bonds is 6. The van der Waals surface area contributed by atoms with Crippen LogP contribution in [0.15, 0.2) is 0 Å². The number of phenolic OH excluding ortho intramolecular Hbond substituents is 2. The second kappa shape index (κ2) is 8.33. The van der Waals surface area contributed by atoms with Gasteiger partial charge in [-0.2, -0.15) is 0 Å². The van der Waals surface area contributed by atoms with E-state index in [1.54, 1.807) is 0 Å². The van der Waals surface area contributed by atoms with Gasteiger partial charge in [-0.05, 0) is 13.1 Å². The zero-order valence-corrected chi connectivity index (χ0v) is 16.5. The predicted octanol–water partition coefficient (Wildman–Crippen LogP) is -0.359. The van der Waals surface area contributed by atoms with E-state index in [1.807, 2.05) is 18.7 Å². The first-order valence-electron chi connectivity index (χ1n) is 9.50. The number of esters is 1. The molecule has 0 amide bonds. The van der Waals surface area contributed by atoms with Crippen molar-refractivity contribution in [3.8, 4) is 17.2 Å². The number of carbonyl (C=O) groups excluding carboxylic acids is 1. The van der Waals surface area contributed by atoms with Crippen molar-refractivity contribution >= 4 is 5.97 Å². The van der Waals surface area contributed by atoms with Crippen molar-refractivity contribution in [3.63, 3.8) is 0 Å². The maximum Gasteiger partial charge on any atom is 0.339 e. The number of aromatic hydroxyl groups is 2. The van der Waals surface area contributed by atoms with Crippen molar-refractivity contribution in [2.75, 3.05) is 26.8 Å². The Bertz CT molecular complexity index is 780. The first kappa shape index (κ1) is 21.6. The van der Waals surface area contributed by atoms with Gasteiger partial charge in [0.1, 0.15) is 24.4 Å². The van der Waals surface area contributed by atoms with Gasteiger partial charge in [-0.3, -0.25) is 4.90 Å². The lowest BCUT2D eigenvalue weighted by Gasteiger charge is -2.45. The van der Waals surface area contributed by atoms with Crippen LogP contribution in [0.1, 0.15) is 41.4 Å². The Labute approximate surface area is 167 Å². The van der Waals surface area contributed by atoms with Crippen LogP contribution in [-0.2, 0) is 16.0 Å². The number of carbonyl (C=O) groups is 1. The molecule has 29 heavy (non-hydrogen) atoms. The average Bonchev–Trinajstić information content (AvgIpc) is 2.71. The predicted molar refractivity (Wildman–Crippen MR) is 98.9 cm³/mol. The van der Waals surface area contributed by atoms with E-state index in [4.69, 9.17) is 14.2 Å². The van der Waals surface area contributed by atoms with Crippen molar-refractivity contribution in [1.29, 1.82) is 0 Å². The minimum atomic E-state index is -1.53. The van der Waals surface area contributed by atoms with Gasteiger partial charge in [-0.1, -0.05) is 13.8 Å². The fourth-order valence-electron chi connectivity index (χ4n) is 3.94.